The van der Waals surface area contributed by atoms with Crippen molar-refractivity contribution >= 4 is 12.4 Å². The van der Waals surface area contributed by atoms with Crippen LogP contribution in [0.3, 0.4) is 0 Å². The Hall–Kier alpha value is -0.0000000000000000416. The van der Waals surface area contributed by atoms with E-state index in [4.69, 9.17) is 4.74 Å². The number of hydrogen-bond acceptors (Lipinski definition) is 2. The maximum Gasteiger partial charge on any atom is 0.411 e. The fraction of sp³-hybridized carbons (Fsp3) is 1.00. The fourth-order valence-corrected chi connectivity index (χ4v) is 2.12. The van der Waals surface area contributed by atoms with E-state index in [2.05, 4.69) is 5.32 Å². The highest BCUT2D eigenvalue weighted by Gasteiger charge is 2.52. The van der Waals surface area contributed by atoms with Crippen LogP contribution in [0.4, 0.5) is 13.2 Å². The quantitative estimate of drug-likeness (QED) is 0.782. The average Bonchev–Trinajstić information content (AvgIpc) is 2.24. The van der Waals surface area contributed by atoms with Gasteiger partial charge in [-0.3, -0.25) is 0 Å². The third kappa shape index (κ3) is 2.15. The largest absolute Gasteiger partial charge is 0.411 e. The van der Waals surface area contributed by atoms with E-state index in [0.29, 0.717) is 12.5 Å². The number of rotatable bonds is 2. The third-order valence-corrected chi connectivity index (χ3v) is 3.00. The Bertz CT molecular complexity index is 211. The van der Waals surface area contributed by atoms with Crippen LogP contribution in [0.5, 0.6) is 0 Å². The fourth-order valence-electron chi connectivity index (χ4n) is 2.12. The first-order chi connectivity index (χ1) is 6.02. The Labute approximate surface area is 86.6 Å². The van der Waals surface area contributed by atoms with Crippen molar-refractivity contribution in [3.05, 3.63) is 0 Å². The molecule has 0 amide bonds. The molecule has 14 heavy (non-hydrogen) atoms. The maximum absolute atomic E-state index is 11.9. The van der Waals surface area contributed by atoms with E-state index >= 15 is 0 Å². The van der Waals surface area contributed by atoms with Crippen molar-refractivity contribution in [3.63, 3.8) is 0 Å². The smallest absolute Gasteiger partial charge is 0.364 e. The number of fused-ring (bicyclic) bond motifs is 1. The molecule has 84 valence electrons. The molecule has 0 aromatic rings. The van der Waals surface area contributed by atoms with E-state index in [-0.39, 0.29) is 12.4 Å². The van der Waals surface area contributed by atoms with Crippen molar-refractivity contribution in [1.29, 1.82) is 0 Å². The van der Waals surface area contributed by atoms with Crippen molar-refractivity contribution in [2.24, 2.45) is 5.92 Å². The summed E-state index contributed by atoms with van der Waals surface area (Å²) in [4.78, 5) is 0. The van der Waals surface area contributed by atoms with Crippen LogP contribution < -0.4 is 5.32 Å². The Kier molecular flexibility index (Phi) is 3.33. The lowest BCUT2D eigenvalue weighted by Crippen LogP contribution is -2.50. The van der Waals surface area contributed by atoms with Crippen molar-refractivity contribution in [1.82, 2.24) is 5.32 Å². The molecule has 0 radical (unpaired) electrons. The minimum absolute atomic E-state index is 0. The van der Waals surface area contributed by atoms with Crippen molar-refractivity contribution < 1.29 is 17.9 Å². The summed E-state index contributed by atoms with van der Waals surface area (Å²) in [5, 5.41) is 3.07. The molecule has 1 aliphatic carbocycles. The molecule has 0 aromatic heterocycles. The Morgan fingerprint density at radius 1 is 1.43 bits per heavy atom. The minimum Gasteiger partial charge on any atom is -0.364 e. The Morgan fingerprint density at radius 2 is 2.14 bits per heavy atom. The highest BCUT2D eigenvalue weighted by atomic mass is 35.5. The molecule has 1 saturated heterocycles. The van der Waals surface area contributed by atoms with Crippen molar-refractivity contribution in [2.45, 2.75) is 24.6 Å². The molecular weight excluding hydrogens is 219 g/mol. The summed E-state index contributed by atoms with van der Waals surface area (Å²) in [6, 6.07) is 0. The molecule has 2 unspecified atom stereocenters. The van der Waals surface area contributed by atoms with Crippen LogP contribution in [0.1, 0.15) is 12.8 Å². The van der Waals surface area contributed by atoms with Gasteiger partial charge in [0.2, 0.25) is 0 Å². The summed E-state index contributed by atoms with van der Waals surface area (Å²) >= 11 is 0. The third-order valence-electron chi connectivity index (χ3n) is 3.00. The van der Waals surface area contributed by atoms with Gasteiger partial charge >= 0.3 is 6.18 Å². The number of halogens is 4. The lowest BCUT2D eigenvalue weighted by Gasteiger charge is -2.43. The molecule has 0 spiro atoms. The summed E-state index contributed by atoms with van der Waals surface area (Å²) in [5.41, 5.74) is -0.491. The van der Waals surface area contributed by atoms with Gasteiger partial charge in [0.25, 0.3) is 0 Å². The van der Waals surface area contributed by atoms with E-state index in [1.807, 2.05) is 0 Å². The van der Waals surface area contributed by atoms with Crippen LogP contribution in [0.25, 0.3) is 0 Å². The molecule has 2 aliphatic rings. The van der Waals surface area contributed by atoms with Crippen LogP contribution >= 0.6 is 12.4 Å². The van der Waals surface area contributed by atoms with Gasteiger partial charge in [0.05, 0.1) is 5.60 Å². The van der Waals surface area contributed by atoms with Crippen molar-refractivity contribution in [3.8, 4) is 0 Å². The normalized spacial score (nSPS) is 35.8. The molecule has 0 aromatic carbocycles. The van der Waals surface area contributed by atoms with Crippen LogP contribution in [0.15, 0.2) is 0 Å². The van der Waals surface area contributed by atoms with Gasteiger partial charge in [-0.1, -0.05) is 0 Å². The summed E-state index contributed by atoms with van der Waals surface area (Å²) < 4.78 is 40.6. The zero-order valence-corrected chi connectivity index (χ0v) is 8.38. The van der Waals surface area contributed by atoms with Gasteiger partial charge < -0.3 is 10.1 Å². The van der Waals surface area contributed by atoms with Gasteiger partial charge in [-0.05, 0) is 12.8 Å². The van der Waals surface area contributed by atoms with Crippen LogP contribution in [-0.2, 0) is 4.74 Å². The maximum atomic E-state index is 11.9. The molecule has 2 fully saturated rings. The molecule has 0 bridgehead atoms. The SMILES string of the molecule is Cl.FC(F)(F)COC12CCC1CNC2. The summed E-state index contributed by atoms with van der Waals surface area (Å²) in [6.45, 7) is 0.275. The summed E-state index contributed by atoms with van der Waals surface area (Å²) in [7, 11) is 0. The van der Waals surface area contributed by atoms with Crippen LogP contribution in [0.2, 0.25) is 0 Å². The average molecular weight is 232 g/mol. The first-order valence-corrected chi connectivity index (χ1v) is 4.43. The summed E-state index contributed by atoms with van der Waals surface area (Å²) in [6.07, 6.45) is -2.44. The number of ether oxygens (including phenoxy) is 1. The second kappa shape index (κ2) is 3.87. The van der Waals surface area contributed by atoms with Gasteiger partial charge in [0.15, 0.2) is 0 Å². The molecule has 1 aliphatic heterocycles. The highest BCUT2D eigenvalue weighted by molar-refractivity contribution is 5.85. The van der Waals surface area contributed by atoms with E-state index in [0.717, 1.165) is 19.4 Å². The van der Waals surface area contributed by atoms with Gasteiger partial charge in [-0.2, -0.15) is 13.2 Å². The molecule has 1 saturated carbocycles. The highest BCUT2D eigenvalue weighted by Crippen LogP contribution is 2.44. The number of alkyl halides is 3. The lowest BCUT2D eigenvalue weighted by molar-refractivity contribution is -0.225. The molecular formula is C8H13ClF3NO. The Morgan fingerprint density at radius 3 is 2.57 bits per heavy atom. The predicted molar refractivity (Wildman–Crippen MR) is 47.6 cm³/mol. The lowest BCUT2D eigenvalue weighted by atomic mass is 9.72. The van der Waals surface area contributed by atoms with Gasteiger partial charge in [-0.15, -0.1) is 12.4 Å². The second-order valence-electron chi connectivity index (χ2n) is 3.84. The molecule has 1 heterocycles. The first kappa shape index (κ1) is 12.1. The predicted octanol–water partition coefficient (Wildman–Crippen LogP) is 1.74. The summed E-state index contributed by atoms with van der Waals surface area (Å²) in [5.74, 6) is 0.301. The molecule has 2 rings (SSSR count). The van der Waals surface area contributed by atoms with Crippen LogP contribution in [0, 0.1) is 5.92 Å². The standard InChI is InChI=1S/C8H12F3NO.ClH/c9-8(10,11)5-13-7-2-1-6(7)3-12-4-7;/h6,12H,1-5H2;1H. The van der Waals surface area contributed by atoms with E-state index in [1.54, 1.807) is 0 Å². The molecule has 6 heteroatoms. The van der Waals surface area contributed by atoms with Gasteiger partial charge in [-0.25, -0.2) is 0 Å². The number of hydrogen-bond donors (Lipinski definition) is 1. The van der Waals surface area contributed by atoms with Gasteiger partial charge in [0.1, 0.15) is 6.61 Å². The molecule has 2 nitrogen and oxygen atoms in total. The van der Waals surface area contributed by atoms with E-state index in [1.165, 1.54) is 0 Å². The first-order valence-electron chi connectivity index (χ1n) is 4.43. The zero-order valence-electron chi connectivity index (χ0n) is 7.56. The zero-order chi connectivity index (χ0) is 9.53. The Balaban J connectivity index is 0.000000980. The molecule has 1 N–H and O–H groups in total. The second-order valence-corrected chi connectivity index (χ2v) is 3.84. The van der Waals surface area contributed by atoms with E-state index in [9.17, 15) is 13.2 Å². The topological polar surface area (TPSA) is 21.3 Å². The molecule has 2 atom stereocenters. The number of nitrogens with one attached hydrogen (secondary N) is 1. The van der Waals surface area contributed by atoms with Crippen molar-refractivity contribution in [2.75, 3.05) is 19.7 Å². The van der Waals surface area contributed by atoms with Crippen LogP contribution in [-0.4, -0.2) is 31.5 Å². The monoisotopic (exact) mass is 231 g/mol. The van der Waals surface area contributed by atoms with E-state index < -0.39 is 18.4 Å². The van der Waals surface area contributed by atoms with Gasteiger partial charge in [0, 0.05) is 19.0 Å². The minimum atomic E-state index is -4.20.